The fourth-order valence-corrected chi connectivity index (χ4v) is 3.41. The number of aromatic amines is 2. The maximum absolute atomic E-state index is 12.7. The summed E-state index contributed by atoms with van der Waals surface area (Å²) in [4.78, 5) is 33.9. The molecule has 0 saturated carbocycles. The molecule has 8 nitrogen and oxygen atoms in total. The number of imidazole rings is 1. The first-order chi connectivity index (χ1) is 12.8. The van der Waals surface area contributed by atoms with Crippen LogP contribution in [0.2, 0.25) is 0 Å². The molecule has 1 aliphatic rings. The molecule has 1 saturated heterocycles. The Bertz CT molecular complexity index is 1100. The van der Waals surface area contributed by atoms with E-state index in [4.69, 9.17) is 0 Å². The molecule has 2 N–H and O–H groups in total. The normalized spacial score (nSPS) is 17.7. The van der Waals surface area contributed by atoms with Crippen LogP contribution in [0.4, 0.5) is 18.9 Å². The van der Waals surface area contributed by atoms with E-state index in [0.29, 0.717) is 24.3 Å². The fourth-order valence-electron chi connectivity index (χ4n) is 3.41. The van der Waals surface area contributed by atoms with Crippen LogP contribution in [0, 0.1) is 5.92 Å². The van der Waals surface area contributed by atoms with E-state index in [-0.39, 0.29) is 17.8 Å². The summed E-state index contributed by atoms with van der Waals surface area (Å²) in [6.45, 7) is 0.697. The molecular formula is C16H15F3N6O2. The maximum Gasteiger partial charge on any atom is 0.389 e. The standard InChI is InChI=1S/C16H15F3N6O2/c17-16(18,19)6-9-1-3-24(8-9)12-5-11(23-25-4-2-20-13(12)25)10-7-21-15(27)22-14(10)26/h2,4-5,7,9H,1,3,6,8H2,(H2,21,22,26,27). The van der Waals surface area contributed by atoms with Crippen LogP contribution in [0.5, 0.6) is 0 Å². The van der Waals surface area contributed by atoms with Crippen molar-refractivity contribution < 1.29 is 13.2 Å². The SMILES string of the molecule is O=c1[nH]cc(-c2cc(N3CCC(CC(F)(F)F)C3)c3nccn3n2)c(=O)[nH]1. The Morgan fingerprint density at radius 3 is 2.85 bits per heavy atom. The van der Waals surface area contributed by atoms with Crippen molar-refractivity contribution in [3.05, 3.63) is 45.5 Å². The largest absolute Gasteiger partial charge is 0.389 e. The van der Waals surface area contributed by atoms with Gasteiger partial charge in [0.1, 0.15) is 5.69 Å². The Labute approximate surface area is 149 Å². The van der Waals surface area contributed by atoms with Crippen LogP contribution in [0.3, 0.4) is 0 Å². The van der Waals surface area contributed by atoms with Gasteiger partial charge in [0.2, 0.25) is 0 Å². The summed E-state index contributed by atoms with van der Waals surface area (Å²) >= 11 is 0. The molecular weight excluding hydrogens is 365 g/mol. The van der Waals surface area contributed by atoms with E-state index in [1.165, 1.54) is 16.9 Å². The highest BCUT2D eigenvalue weighted by atomic mass is 19.4. The minimum absolute atomic E-state index is 0.150. The third kappa shape index (κ3) is 3.44. The first kappa shape index (κ1) is 17.3. The lowest BCUT2D eigenvalue weighted by molar-refractivity contribution is -0.142. The third-order valence-electron chi connectivity index (χ3n) is 4.58. The Morgan fingerprint density at radius 2 is 2.11 bits per heavy atom. The van der Waals surface area contributed by atoms with Gasteiger partial charge in [0.05, 0.1) is 11.3 Å². The van der Waals surface area contributed by atoms with Crippen molar-refractivity contribution >= 4 is 11.3 Å². The first-order valence-corrected chi connectivity index (χ1v) is 8.28. The van der Waals surface area contributed by atoms with E-state index in [9.17, 15) is 22.8 Å². The van der Waals surface area contributed by atoms with Crippen LogP contribution in [0.25, 0.3) is 16.9 Å². The monoisotopic (exact) mass is 380 g/mol. The average molecular weight is 380 g/mol. The number of alkyl halides is 3. The number of anilines is 1. The van der Waals surface area contributed by atoms with Gasteiger partial charge >= 0.3 is 11.9 Å². The van der Waals surface area contributed by atoms with Crippen LogP contribution in [0.15, 0.2) is 34.2 Å². The van der Waals surface area contributed by atoms with Gasteiger partial charge in [-0.3, -0.25) is 9.78 Å². The summed E-state index contributed by atoms with van der Waals surface area (Å²) in [6.07, 6.45) is -0.237. The number of H-pyrrole nitrogens is 2. The highest BCUT2D eigenvalue weighted by molar-refractivity contribution is 5.74. The molecule has 0 bridgehead atoms. The van der Waals surface area contributed by atoms with Crippen molar-refractivity contribution in [3.8, 4) is 11.3 Å². The van der Waals surface area contributed by atoms with Gasteiger partial charge in [0, 0.05) is 38.1 Å². The maximum atomic E-state index is 12.7. The molecule has 142 valence electrons. The molecule has 3 aromatic heterocycles. The van der Waals surface area contributed by atoms with Crippen LogP contribution in [-0.4, -0.2) is 43.8 Å². The second-order valence-corrected chi connectivity index (χ2v) is 6.52. The Morgan fingerprint density at radius 1 is 1.30 bits per heavy atom. The van der Waals surface area contributed by atoms with Gasteiger partial charge in [0.15, 0.2) is 5.65 Å². The van der Waals surface area contributed by atoms with Gasteiger partial charge in [-0.25, -0.2) is 14.3 Å². The minimum Gasteiger partial charge on any atom is -0.368 e. The summed E-state index contributed by atoms with van der Waals surface area (Å²) in [5.41, 5.74) is 0.285. The Kier molecular flexibility index (Phi) is 4.01. The zero-order valence-corrected chi connectivity index (χ0v) is 14.0. The van der Waals surface area contributed by atoms with E-state index in [1.54, 1.807) is 12.3 Å². The van der Waals surface area contributed by atoms with Crippen LogP contribution in [0.1, 0.15) is 12.8 Å². The van der Waals surface area contributed by atoms with Crippen molar-refractivity contribution in [2.75, 3.05) is 18.0 Å². The van der Waals surface area contributed by atoms with Crippen molar-refractivity contribution in [2.45, 2.75) is 19.0 Å². The molecule has 1 aliphatic heterocycles. The quantitative estimate of drug-likeness (QED) is 0.718. The summed E-state index contributed by atoms with van der Waals surface area (Å²) in [7, 11) is 0. The van der Waals surface area contributed by atoms with Gasteiger partial charge in [-0.1, -0.05) is 0 Å². The number of fused-ring (bicyclic) bond motifs is 1. The zero-order chi connectivity index (χ0) is 19.2. The number of nitrogens with one attached hydrogen (secondary N) is 2. The summed E-state index contributed by atoms with van der Waals surface area (Å²) in [5.74, 6) is -0.492. The lowest BCUT2D eigenvalue weighted by Gasteiger charge is -2.20. The number of halogens is 3. The smallest absolute Gasteiger partial charge is 0.368 e. The lowest BCUT2D eigenvalue weighted by atomic mass is 10.1. The molecule has 0 radical (unpaired) electrons. The lowest BCUT2D eigenvalue weighted by Crippen LogP contribution is -2.24. The molecule has 27 heavy (non-hydrogen) atoms. The van der Waals surface area contributed by atoms with E-state index in [1.807, 2.05) is 4.90 Å². The van der Waals surface area contributed by atoms with E-state index in [0.717, 1.165) is 0 Å². The number of nitrogens with zero attached hydrogens (tertiary/aromatic N) is 4. The summed E-state index contributed by atoms with van der Waals surface area (Å²) in [5, 5.41) is 4.31. The second-order valence-electron chi connectivity index (χ2n) is 6.52. The van der Waals surface area contributed by atoms with E-state index >= 15 is 0 Å². The molecule has 11 heteroatoms. The molecule has 1 unspecified atom stereocenters. The molecule has 0 aromatic carbocycles. The van der Waals surface area contributed by atoms with Gasteiger partial charge in [-0.05, 0) is 18.4 Å². The predicted molar refractivity (Wildman–Crippen MR) is 90.7 cm³/mol. The average Bonchev–Trinajstić information content (AvgIpc) is 3.21. The molecule has 0 amide bonds. The van der Waals surface area contributed by atoms with Crippen LogP contribution < -0.4 is 16.1 Å². The Hall–Kier alpha value is -3.11. The molecule has 4 heterocycles. The van der Waals surface area contributed by atoms with Crippen molar-refractivity contribution in [2.24, 2.45) is 5.92 Å². The Balaban J connectivity index is 1.74. The second kappa shape index (κ2) is 6.25. The fraction of sp³-hybridized carbons (Fsp3) is 0.375. The van der Waals surface area contributed by atoms with Gasteiger partial charge < -0.3 is 9.88 Å². The summed E-state index contributed by atoms with van der Waals surface area (Å²) < 4.78 is 39.5. The van der Waals surface area contributed by atoms with E-state index < -0.39 is 29.8 Å². The van der Waals surface area contributed by atoms with Crippen molar-refractivity contribution in [1.82, 2.24) is 24.6 Å². The van der Waals surface area contributed by atoms with Crippen LogP contribution >= 0.6 is 0 Å². The highest BCUT2D eigenvalue weighted by Gasteiger charge is 2.36. The third-order valence-corrected chi connectivity index (χ3v) is 4.58. The zero-order valence-electron chi connectivity index (χ0n) is 14.0. The van der Waals surface area contributed by atoms with Crippen LogP contribution in [-0.2, 0) is 0 Å². The molecule has 1 atom stereocenters. The number of hydrogen-bond acceptors (Lipinski definition) is 5. The number of rotatable bonds is 3. The van der Waals surface area contributed by atoms with E-state index in [2.05, 4.69) is 20.1 Å². The molecule has 0 spiro atoms. The molecule has 4 rings (SSSR count). The van der Waals surface area contributed by atoms with Gasteiger partial charge in [0.25, 0.3) is 5.56 Å². The number of aromatic nitrogens is 5. The van der Waals surface area contributed by atoms with Gasteiger partial charge in [-0.2, -0.15) is 18.3 Å². The number of hydrogen-bond donors (Lipinski definition) is 2. The molecule has 1 fully saturated rings. The molecule has 3 aromatic rings. The van der Waals surface area contributed by atoms with Crippen molar-refractivity contribution in [1.29, 1.82) is 0 Å². The minimum atomic E-state index is -4.20. The topological polar surface area (TPSA) is 99.2 Å². The first-order valence-electron chi connectivity index (χ1n) is 8.28. The highest BCUT2D eigenvalue weighted by Crippen LogP contribution is 2.34. The summed E-state index contributed by atoms with van der Waals surface area (Å²) in [6, 6.07) is 1.61. The predicted octanol–water partition coefficient (Wildman–Crippen LogP) is 1.55. The molecule has 0 aliphatic carbocycles. The van der Waals surface area contributed by atoms with Crippen molar-refractivity contribution in [3.63, 3.8) is 0 Å². The van der Waals surface area contributed by atoms with Gasteiger partial charge in [-0.15, -0.1) is 0 Å².